The summed E-state index contributed by atoms with van der Waals surface area (Å²) in [6.45, 7) is 11.3. The smallest absolute Gasteiger partial charge is 0.410 e. The molecule has 4 rings (SSSR count). The maximum Gasteiger partial charge on any atom is 0.410 e. The Kier molecular flexibility index (Phi) is 8.81. The number of amides is 1. The molecule has 4 aliphatic heterocycles. The van der Waals surface area contributed by atoms with Gasteiger partial charge in [0.1, 0.15) is 5.60 Å². The number of aliphatic hydroxyl groups is 2. The number of nitrogens with zero attached hydrogens (tertiary/aromatic N) is 1. The van der Waals surface area contributed by atoms with Crippen LogP contribution in [-0.4, -0.2) is 91.6 Å². The molecule has 3 N–H and O–H groups in total. The molecule has 2 unspecified atom stereocenters. The van der Waals surface area contributed by atoms with Gasteiger partial charge in [-0.25, -0.2) is 4.79 Å². The first-order valence-electron chi connectivity index (χ1n) is 10.9. The SMILES string of the molecule is CC(C)(C)OC(=O)N1CCC2(CC1)COCC2O.Cl.OC1COCC12CCNCC2. The number of hydrogen-bond donors (Lipinski definition) is 3. The first kappa shape index (κ1) is 25.6. The molecule has 0 radical (unpaired) electrons. The van der Waals surface area contributed by atoms with Crippen LogP contribution in [0.15, 0.2) is 0 Å². The van der Waals surface area contributed by atoms with Crippen molar-refractivity contribution in [3.05, 3.63) is 0 Å². The number of carbonyl (C=O) groups is 1. The number of nitrogens with one attached hydrogen (secondary N) is 1. The molecule has 1 amide bonds. The van der Waals surface area contributed by atoms with Gasteiger partial charge in [0.2, 0.25) is 0 Å². The van der Waals surface area contributed by atoms with Crippen LogP contribution < -0.4 is 5.32 Å². The van der Waals surface area contributed by atoms with Gasteiger partial charge in [-0.2, -0.15) is 0 Å². The third-order valence-electron chi connectivity index (χ3n) is 6.75. The van der Waals surface area contributed by atoms with E-state index in [1.54, 1.807) is 4.90 Å². The highest BCUT2D eigenvalue weighted by atomic mass is 35.5. The third-order valence-corrected chi connectivity index (χ3v) is 6.75. The number of likely N-dealkylation sites (tertiary alicyclic amines) is 1. The first-order chi connectivity index (χ1) is 13.7. The van der Waals surface area contributed by atoms with Crippen LogP contribution >= 0.6 is 12.4 Å². The van der Waals surface area contributed by atoms with E-state index in [0.29, 0.717) is 32.9 Å². The molecule has 4 saturated heterocycles. The molecule has 0 aliphatic carbocycles. The Balaban J connectivity index is 0.000000229. The largest absolute Gasteiger partial charge is 0.444 e. The Morgan fingerprint density at radius 2 is 1.43 bits per heavy atom. The fourth-order valence-electron chi connectivity index (χ4n) is 4.63. The third kappa shape index (κ3) is 5.99. The molecule has 2 spiro atoms. The van der Waals surface area contributed by atoms with Gasteiger partial charge in [-0.05, 0) is 59.5 Å². The summed E-state index contributed by atoms with van der Waals surface area (Å²) >= 11 is 0. The van der Waals surface area contributed by atoms with Crippen molar-refractivity contribution in [3.8, 4) is 0 Å². The van der Waals surface area contributed by atoms with Crippen molar-refractivity contribution in [1.29, 1.82) is 0 Å². The molecule has 4 fully saturated rings. The lowest BCUT2D eigenvalue weighted by molar-refractivity contribution is -0.0119. The summed E-state index contributed by atoms with van der Waals surface area (Å²) in [5, 5.41) is 22.9. The van der Waals surface area contributed by atoms with Crippen molar-refractivity contribution in [1.82, 2.24) is 10.2 Å². The van der Waals surface area contributed by atoms with Crippen molar-refractivity contribution in [2.45, 2.75) is 64.3 Å². The number of carbonyl (C=O) groups excluding carboxylic acids is 1. The fourth-order valence-corrected chi connectivity index (χ4v) is 4.63. The van der Waals surface area contributed by atoms with E-state index in [1.165, 1.54) is 0 Å². The maximum absolute atomic E-state index is 11.9. The van der Waals surface area contributed by atoms with Gasteiger partial charge in [-0.15, -0.1) is 12.4 Å². The number of halogens is 1. The summed E-state index contributed by atoms with van der Waals surface area (Å²) in [6, 6.07) is 0. The van der Waals surface area contributed by atoms with E-state index < -0.39 is 11.7 Å². The van der Waals surface area contributed by atoms with E-state index >= 15 is 0 Å². The predicted molar refractivity (Wildman–Crippen MR) is 115 cm³/mol. The molecular weight excluding hydrogens is 412 g/mol. The van der Waals surface area contributed by atoms with Gasteiger partial charge in [0.25, 0.3) is 0 Å². The molecule has 0 bridgehead atoms. The summed E-state index contributed by atoms with van der Waals surface area (Å²) in [7, 11) is 0. The predicted octanol–water partition coefficient (Wildman–Crippen LogP) is 1.56. The number of ether oxygens (including phenoxy) is 3. The fraction of sp³-hybridized carbons (Fsp3) is 0.952. The highest BCUT2D eigenvalue weighted by Gasteiger charge is 2.46. The summed E-state index contributed by atoms with van der Waals surface area (Å²) in [6.07, 6.45) is 2.83. The lowest BCUT2D eigenvalue weighted by Crippen LogP contribution is -2.48. The zero-order valence-electron chi connectivity index (χ0n) is 18.5. The minimum Gasteiger partial charge on any atom is -0.444 e. The van der Waals surface area contributed by atoms with Gasteiger partial charge in [0, 0.05) is 23.9 Å². The van der Waals surface area contributed by atoms with Crippen LogP contribution in [-0.2, 0) is 14.2 Å². The lowest BCUT2D eigenvalue weighted by Gasteiger charge is -2.40. The van der Waals surface area contributed by atoms with Crippen molar-refractivity contribution in [3.63, 3.8) is 0 Å². The topological polar surface area (TPSA) is 100 Å². The van der Waals surface area contributed by atoms with Gasteiger partial charge < -0.3 is 34.6 Å². The first-order valence-corrected chi connectivity index (χ1v) is 10.9. The Hall–Kier alpha value is -0.640. The Morgan fingerprint density at radius 1 is 0.967 bits per heavy atom. The normalized spacial score (nSPS) is 29.8. The van der Waals surface area contributed by atoms with E-state index in [1.807, 2.05) is 20.8 Å². The van der Waals surface area contributed by atoms with Crippen LogP contribution in [0.25, 0.3) is 0 Å². The maximum atomic E-state index is 11.9. The standard InChI is InChI=1S/C13H23NO4.C8H15NO2.ClH/c1-12(2,3)18-11(16)14-6-4-13(5-7-14)9-17-8-10(13)15;10-7-5-11-6-8(7)1-3-9-4-2-8;/h10,15H,4-9H2,1-3H3;7,9-10H,1-6H2;1H. The summed E-state index contributed by atoms with van der Waals surface area (Å²) in [5.41, 5.74) is -0.494. The second-order valence-electron chi connectivity index (χ2n) is 10.0. The highest BCUT2D eigenvalue weighted by Crippen LogP contribution is 2.39. The van der Waals surface area contributed by atoms with Gasteiger partial charge in [0.15, 0.2) is 0 Å². The van der Waals surface area contributed by atoms with Crippen LogP contribution in [0, 0.1) is 10.8 Å². The van der Waals surface area contributed by atoms with Gasteiger partial charge in [-0.3, -0.25) is 0 Å². The zero-order chi connectivity index (χ0) is 21.1. The number of piperidine rings is 2. The molecule has 0 aromatic heterocycles. The van der Waals surface area contributed by atoms with Gasteiger partial charge in [-0.1, -0.05) is 0 Å². The average molecular weight is 451 g/mol. The molecule has 30 heavy (non-hydrogen) atoms. The molecular formula is C21H39ClN2O6. The summed E-state index contributed by atoms with van der Waals surface area (Å²) in [5.74, 6) is 0. The van der Waals surface area contributed by atoms with E-state index in [2.05, 4.69) is 5.32 Å². The van der Waals surface area contributed by atoms with E-state index in [4.69, 9.17) is 14.2 Å². The van der Waals surface area contributed by atoms with E-state index in [9.17, 15) is 15.0 Å². The van der Waals surface area contributed by atoms with Crippen LogP contribution in [0.5, 0.6) is 0 Å². The van der Waals surface area contributed by atoms with Crippen molar-refractivity contribution >= 4 is 18.5 Å². The second kappa shape index (κ2) is 10.3. The molecule has 9 heteroatoms. The van der Waals surface area contributed by atoms with E-state index in [0.717, 1.165) is 45.4 Å². The molecule has 2 atom stereocenters. The van der Waals surface area contributed by atoms with Crippen LogP contribution in [0.1, 0.15) is 46.5 Å². The lowest BCUT2D eigenvalue weighted by atomic mass is 9.76. The Bertz CT molecular complexity index is 556. The molecule has 4 heterocycles. The zero-order valence-corrected chi connectivity index (χ0v) is 19.3. The number of rotatable bonds is 0. The van der Waals surface area contributed by atoms with Crippen LogP contribution in [0.2, 0.25) is 0 Å². The summed E-state index contributed by atoms with van der Waals surface area (Å²) in [4.78, 5) is 13.6. The molecule has 4 aliphatic rings. The average Bonchev–Trinajstić information content (AvgIpc) is 3.19. The Morgan fingerprint density at radius 3 is 1.83 bits per heavy atom. The van der Waals surface area contributed by atoms with Gasteiger partial charge in [0.05, 0.1) is 38.6 Å². The van der Waals surface area contributed by atoms with Crippen molar-refractivity contribution < 1.29 is 29.2 Å². The molecule has 0 aromatic rings. The summed E-state index contributed by atoms with van der Waals surface area (Å²) < 4.78 is 16.0. The van der Waals surface area contributed by atoms with Crippen molar-refractivity contribution in [2.24, 2.45) is 10.8 Å². The minimum absolute atomic E-state index is 0. The molecule has 0 saturated carbocycles. The number of aliphatic hydroxyl groups excluding tert-OH is 2. The van der Waals surface area contributed by atoms with Crippen LogP contribution in [0.4, 0.5) is 4.79 Å². The van der Waals surface area contributed by atoms with Crippen molar-refractivity contribution in [2.75, 3.05) is 52.6 Å². The van der Waals surface area contributed by atoms with E-state index in [-0.39, 0.29) is 35.4 Å². The molecule has 176 valence electrons. The minimum atomic E-state index is -0.456. The highest BCUT2D eigenvalue weighted by molar-refractivity contribution is 5.85. The number of hydrogen-bond acceptors (Lipinski definition) is 7. The Labute approximate surface area is 186 Å². The second-order valence-corrected chi connectivity index (χ2v) is 10.0. The quantitative estimate of drug-likeness (QED) is 0.515. The molecule has 0 aromatic carbocycles. The van der Waals surface area contributed by atoms with Crippen LogP contribution in [0.3, 0.4) is 0 Å². The van der Waals surface area contributed by atoms with Gasteiger partial charge >= 0.3 is 6.09 Å². The monoisotopic (exact) mass is 450 g/mol. The molecule has 8 nitrogen and oxygen atoms in total.